The molecule has 0 aliphatic heterocycles. The number of likely N-dealkylation sites (N-methyl/N-ethyl adjacent to an activating group) is 1. The summed E-state index contributed by atoms with van der Waals surface area (Å²) in [6.07, 6.45) is 1.93. The first-order valence-corrected chi connectivity index (χ1v) is 13.7. The minimum absolute atomic E-state index is 0.00874. The van der Waals surface area contributed by atoms with Gasteiger partial charge in [0.25, 0.3) is 5.91 Å². The fraction of sp³-hybridized carbons (Fsp3) is 0.417. The first kappa shape index (κ1) is 27.4. The molecule has 198 valence electrons. The molecule has 1 aromatic rings. The van der Waals surface area contributed by atoms with E-state index < -0.39 is 63.8 Å². The molecule has 1 aromatic carbocycles. The van der Waals surface area contributed by atoms with Crippen molar-refractivity contribution in [2.75, 3.05) is 31.4 Å². The number of Topliss-reactive ketones (excluding diaryl/α,β-unsaturated/α-hetero) is 2. The Morgan fingerprint density at radius 3 is 2.49 bits per heavy atom. The Morgan fingerprint density at radius 2 is 1.92 bits per heavy atom. The number of aromatic hydroxyl groups is 1. The number of phenolic OH excluding ortho intramolecular Hbond substituents is 1. The number of primary amides is 1. The molecule has 3 aliphatic rings. The summed E-state index contributed by atoms with van der Waals surface area (Å²) in [5.41, 5.74) is 1.90. The number of nitrogens with two attached hydrogens (primary N) is 1. The van der Waals surface area contributed by atoms with Crippen molar-refractivity contribution in [1.82, 2.24) is 4.90 Å². The molecule has 7 N–H and O–H groups in total. The number of aliphatic hydroxyl groups is 3. The molecule has 37 heavy (non-hydrogen) atoms. The number of anilines is 1. The number of rotatable bonds is 5. The molecule has 0 aromatic heterocycles. The van der Waals surface area contributed by atoms with Crippen LogP contribution in [0.4, 0.5) is 5.69 Å². The van der Waals surface area contributed by atoms with E-state index in [1.54, 1.807) is 26.4 Å². The van der Waals surface area contributed by atoms with Crippen LogP contribution in [0.25, 0.3) is 0 Å². The number of fused-ring (bicyclic) bond motifs is 3. The van der Waals surface area contributed by atoms with E-state index in [2.05, 4.69) is 5.32 Å². The van der Waals surface area contributed by atoms with Crippen LogP contribution in [-0.2, 0) is 20.8 Å². The Morgan fingerprint density at radius 1 is 1.27 bits per heavy atom. The number of phenols is 1. The Kier molecular flexibility index (Phi) is 7.11. The molecule has 0 bridgehead atoms. The zero-order valence-corrected chi connectivity index (χ0v) is 23.1. The second-order valence-electron chi connectivity index (χ2n) is 9.55. The lowest BCUT2D eigenvalue weighted by molar-refractivity contribution is -0.148. The van der Waals surface area contributed by atoms with Gasteiger partial charge in [-0.1, -0.05) is 0 Å². The summed E-state index contributed by atoms with van der Waals surface area (Å²) in [7, 11) is 3.14. The molecule has 0 heterocycles. The van der Waals surface area contributed by atoms with E-state index in [-0.39, 0.29) is 41.3 Å². The first-order valence-electron chi connectivity index (χ1n) is 11.2. The number of nitrogens with zero attached hydrogens (tertiary/aromatic N) is 1. The van der Waals surface area contributed by atoms with Gasteiger partial charge in [-0.05, 0) is 73.3 Å². The largest absolute Gasteiger partial charge is 0.510 e. The van der Waals surface area contributed by atoms with Crippen molar-refractivity contribution in [3.8, 4) is 5.75 Å². The van der Waals surface area contributed by atoms with Crippen molar-refractivity contribution in [2.45, 2.75) is 24.5 Å². The number of aliphatic hydroxyl groups excluding tert-OH is 2. The van der Waals surface area contributed by atoms with Crippen LogP contribution >= 0.6 is 34.4 Å². The number of hydrogen-bond acceptors (Lipinski definition) is 10. The van der Waals surface area contributed by atoms with E-state index >= 15 is 0 Å². The number of ketones is 2. The van der Waals surface area contributed by atoms with Crippen molar-refractivity contribution in [2.24, 2.45) is 17.6 Å². The van der Waals surface area contributed by atoms with Gasteiger partial charge >= 0.3 is 0 Å². The van der Waals surface area contributed by atoms with Gasteiger partial charge in [0, 0.05) is 15.1 Å². The summed E-state index contributed by atoms with van der Waals surface area (Å²) >= 11 is 3.27. The highest BCUT2D eigenvalue weighted by Gasteiger charge is 2.63. The number of nitrogens with one attached hydrogen (secondary N) is 1. The standard InChI is InChI=1S/C24H26IN3O8S/c1-28(2)17-10-5-8-4-9-11(25)6-12(27-13(29)7-37-3)18(30)15(9)19(31)14(8)21(33)24(10,36)22(34)16(20(17)32)23(26)35/h6,8,10,17,30,32-33,36H,4-5,7H2,1-3H3,(H2,26,35)(H,27,29)/t8?,10?,17-,24?/m0/s1. The quantitative estimate of drug-likeness (QED) is 0.154. The summed E-state index contributed by atoms with van der Waals surface area (Å²) in [5.74, 6) is -7.41. The lowest BCUT2D eigenvalue weighted by Gasteiger charge is -2.50. The van der Waals surface area contributed by atoms with E-state index in [1.165, 1.54) is 16.7 Å². The maximum atomic E-state index is 13.7. The minimum atomic E-state index is -2.70. The van der Waals surface area contributed by atoms with Crippen LogP contribution < -0.4 is 11.1 Å². The minimum Gasteiger partial charge on any atom is -0.510 e. The summed E-state index contributed by atoms with van der Waals surface area (Å²) < 4.78 is 0.597. The van der Waals surface area contributed by atoms with Crippen molar-refractivity contribution < 1.29 is 39.6 Å². The highest BCUT2D eigenvalue weighted by molar-refractivity contribution is 14.1. The van der Waals surface area contributed by atoms with Gasteiger partial charge in [0.15, 0.2) is 17.1 Å². The molecule has 0 saturated carbocycles. The SMILES string of the molecule is CSCC(=O)Nc1cc(I)c2c(c1O)C(=O)C1=C(O)C3(O)C(=O)C(C(N)=O)=C(O)[C@@H](N(C)C)C3CC1C2. The van der Waals surface area contributed by atoms with E-state index in [1.807, 2.05) is 22.6 Å². The van der Waals surface area contributed by atoms with Gasteiger partial charge in [-0.2, -0.15) is 11.8 Å². The van der Waals surface area contributed by atoms with Gasteiger partial charge in [-0.3, -0.25) is 24.1 Å². The van der Waals surface area contributed by atoms with Crippen molar-refractivity contribution in [3.05, 3.63) is 43.4 Å². The van der Waals surface area contributed by atoms with Crippen LogP contribution in [-0.4, -0.2) is 86.5 Å². The highest BCUT2D eigenvalue weighted by Crippen LogP contribution is 2.53. The van der Waals surface area contributed by atoms with Crippen LogP contribution in [0, 0.1) is 15.4 Å². The second-order valence-corrected chi connectivity index (χ2v) is 11.6. The molecule has 3 aliphatic carbocycles. The predicted molar refractivity (Wildman–Crippen MR) is 143 cm³/mol. The first-order chi connectivity index (χ1) is 17.3. The van der Waals surface area contributed by atoms with Gasteiger partial charge in [0.1, 0.15) is 17.1 Å². The topological polar surface area (TPSA) is 190 Å². The Hall–Kier alpha value is -2.62. The number of carbonyl (C=O) groups excluding carboxylic acids is 4. The second kappa shape index (κ2) is 9.60. The number of hydrogen-bond donors (Lipinski definition) is 6. The molecule has 13 heteroatoms. The van der Waals surface area contributed by atoms with Crippen LogP contribution in [0.2, 0.25) is 0 Å². The molecular formula is C24H26IN3O8S. The number of amides is 2. The van der Waals surface area contributed by atoms with Crippen LogP contribution in [0.15, 0.2) is 28.7 Å². The number of thioether (sulfide) groups is 1. The fourth-order valence-electron chi connectivity index (χ4n) is 5.69. The average molecular weight is 643 g/mol. The van der Waals surface area contributed by atoms with Gasteiger partial charge in [-0.15, -0.1) is 0 Å². The third kappa shape index (κ3) is 4.02. The van der Waals surface area contributed by atoms with E-state index in [0.29, 0.717) is 9.13 Å². The Balaban J connectivity index is 1.90. The summed E-state index contributed by atoms with van der Waals surface area (Å²) in [6.45, 7) is 0. The zero-order chi connectivity index (χ0) is 27.6. The molecule has 0 spiro atoms. The van der Waals surface area contributed by atoms with Crippen molar-refractivity contribution in [3.63, 3.8) is 0 Å². The summed E-state index contributed by atoms with van der Waals surface area (Å²) in [4.78, 5) is 52.7. The van der Waals surface area contributed by atoms with Gasteiger partial charge in [-0.25, -0.2) is 0 Å². The van der Waals surface area contributed by atoms with Crippen LogP contribution in [0.1, 0.15) is 22.3 Å². The van der Waals surface area contributed by atoms with E-state index in [9.17, 15) is 39.6 Å². The maximum Gasteiger partial charge on any atom is 0.255 e. The molecule has 4 rings (SSSR count). The van der Waals surface area contributed by atoms with Crippen molar-refractivity contribution >= 4 is 63.4 Å². The zero-order valence-electron chi connectivity index (χ0n) is 20.2. The fourth-order valence-corrected chi connectivity index (χ4v) is 6.82. The van der Waals surface area contributed by atoms with Crippen molar-refractivity contribution in [1.29, 1.82) is 0 Å². The molecule has 11 nitrogen and oxygen atoms in total. The molecule has 0 fully saturated rings. The van der Waals surface area contributed by atoms with Gasteiger partial charge in [0.05, 0.1) is 23.0 Å². The third-order valence-electron chi connectivity index (χ3n) is 7.22. The smallest absolute Gasteiger partial charge is 0.255 e. The van der Waals surface area contributed by atoms with Crippen LogP contribution in [0.5, 0.6) is 5.75 Å². The average Bonchev–Trinajstić information content (AvgIpc) is 2.79. The molecule has 0 saturated heterocycles. The lowest BCUT2D eigenvalue weighted by atomic mass is 9.58. The molecule has 2 amide bonds. The molecule has 0 radical (unpaired) electrons. The maximum absolute atomic E-state index is 13.7. The Bertz CT molecular complexity index is 1320. The number of allylic oxidation sites excluding steroid dienone is 1. The summed E-state index contributed by atoms with van der Waals surface area (Å²) in [6, 6.07) is 0.501. The van der Waals surface area contributed by atoms with Crippen LogP contribution in [0.3, 0.4) is 0 Å². The number of benzene rings is 1. The number of halogens is 1. The summed E-state index contributed by atoms with van der Waals surface area (Å²) in [5, 5.41) is 47.2. The molecular weight excluding hydrogens is 617 g/mol. The normalized spacial score (nSPS) is 27.1. The molecule has 3 unspecified atom stereocenters. The van der Waals surface area contributed by atoms with Gasteiger partial charge in [0.2, 0.25) is 11.7 Å². The molecule has 4 atom stereocenters. The third-order valence-corrected chi connectivity index (χ3v) is 8.73. The van der Waals surface area contributed by atoms with Gasteiger partial charge < -0.3 is 31.5 Å². The lowest BCUT2D eigenvalue weighted by Crippen LogP contribution is -2.63. The highest BCUT2D eigenvalue weighted by atomic mass is 127. The monoisotopic (exact) mass is 643 g/mol. The number of carbonyl (C=O) groups is 4. The van der Waals surface area contributed by atoms with E-state index in [4.69, 9.17) is 5.73 Å². The Labute approximate surface area is 229 Å². The van der Waals surface area contributed by atoms with E-state index in [0.717, 1.165) is 0 Å². The predicted octanol–water partition coefficient (Wildman–Crippen LogP) is 1.03.